The summed E-state index contributed by atoms with van der Waals surface area (Å²) in [5.74, 6) is -0.0742. The van der Waals surface area contributed by atoms with Gasteiger partial charge in [0.15, 0.2) is 0 Å². The second-order valence-electron chi connectivity index (χ2n) is 5.82. The molecule has 0 aliphatic carbocycles. The van der Waals surface area contributed by atoms with E-state index in [1.54, 1.807) is 6.21 Å². The molecule has 0 unspecified atom stereocenters. The van der Waals surface area contributed by atoms with Gasteiger partial charge in [-0.2, -0.15) is 0 Å². The van der Waals surface area contributed by atoms with E-state index in [0.717, 1.165) is 38.0 Å². The third kappa shape index (κ3) is 6.49. The van der Waals surface area contributed by atoms with Gasteiger partial charge in [0.2, 0.25) is 0 Å². The van der Waals surface area contributed by atoms with E-state index in [2.05, 4.69) is 10.1 Å². The number of esters is 1. The van der Waals surface area contributed by atoms with Crippen LogP contribution in [0.25, 0.3) is 0 Å². The van der Waals surface area contributed by atoms with Crippen molar-refractivity contribution in [2.75, 3.05) is 32.8 Å². The number of hydrogen-bond donors (Lipinski definition) is 0. The number of halogens is 1. The van der Waals surface area contributed by atoms with Gasteiger partial charge in [-0.25, -0.2) is 0 Å². The Hall–Kier alpha value is -1.59. The molecule has 5 nitrogen and oxygen atoms in total. The minimum absolute atomic E-state index is 0. The van der Waals surface area contributed by atoms with E-state index in [-0.39, 0.29) is 24.3 Å². The summed E-state index contributed by atoms with van der Waals surface area (Å²) >= 11 is 0. The summed E-state index contributed by atoms with van der Waals surface area (Å²) in [4.78, 5) is 19.4. The number of carbonyl (C=O) groups is 1. The lowest BCUT2D eigenvalue weighted by Gasteiger charge is -2.30. The Balaban J connectivity index is 0.00000288. The van der Waals surface area contributed by atoms with E-state index < -0.39 is 0 Å². The molecule has 0 radical (unpaired) electrons. The summed E-state index contributed by atoms with van der Waals surface area (Å²) < 4.78 is 5.11. The number of rotatable bonds is 7. The lowest BCUT2D eigenvalue weighted by Crippen LogP contribution is -2.40. The van der Waals surface area contributed by atoms with Crippen LogP contribution in [0, 0.1) is 12.8 Å². The molecule has 1 saturated heterocycles. The molecule has 1 heterocycles. The molecule has 134 valence electrons. The Bertz CT molecular complexity index is 537. The number of oxime groups is 1. The highest BCUT2D eigenvalue weighted by Gasteiger charge is 2.26. The number of benzene rings is 1. The largest absolute Gasteiger partial charge is 0.466 e. The number of aryl methyl sites for hydroxylation is 1. The lowest BCUT2D eigenvalue weighted by molar-refractivity contribution is -0.150. The smallest absolute Gasteiger partial charge is 0.310 e. The number of carbonyl (C=O) groups excluding carboxylic acids is 1. The Kier molecular flexibility index (Phi) is 9.42. The molecule has 0 N–H and O–H groups in total. The zero-order valence-electron chi connectivity index (χ0n) is 14.4. The molecule has 2 rings (SSSR count). The monoisotopic (exact) mass is 354 g/mol. The molecular weight excluding hydrogens is 328 g/mol. The average molecular weight is 355 g/mol. The molecule has 0 bridgehead atoms. The highest BCUT2D eigenvalue weighted by Crippen LogP contribution is 2.17. The molecule has 1 aliphatic rings. The fourth-order valence-electron chi connectivity index (χ4n) is 2.76. The number of hydrogen-bond acceptors (Lipinski definition) is 5. The second-order valence-corrected chi connectivity index (χ2v) is 5.82. The minimum Gasteiger partial charge on any atom is -0.466 e. The van der Waals surface area contributed by atoms with Crippen molar-refractivity contribution in [2.24, 2.45) is 11.1 Å². The van der Waals surface area contributed by atoms with E-state index >= 15 is 0 Å². The van der Waals surface area contributed by atoms with E-state index in [0.29, 0.717) is 13.2 Å². The Morgan fingerprint density at radius 2 is 2.21 bits per heavy atom. The zero-order valence-corrected chi connectivity index (χ0v) is 15.3. The number of likely N-dealkylation sites (tertiary alicyclic amines) is 1. The van der Waals surface area contributed by atoms with Crippen LogP contribution in [0.1, 0.15) is 30.9 Å². The van der Waals surface area contributed by atoms with Crippen LogP contribution in [0.15, 0.2) is 29.4 Å². The van der Waals surface area contributed by atoms with Gasteiger partial charge in [-0.1, -0.05) is 29.4 Å². The van der Waals surface area contributed by atoms with Crippen LogP contribution < -0.4 is 0 Å². The third-order valence-corrected chi connectivity index (χ3v) is 4.08. The first-order valence-electron chi connectivity index (χ1n) is 8.30. The van der Waals surface area contributed by atoms with Crippen LogP contribution in [0.4, 0.5) is 0 Å². The minimum atomic E-state index is -0.0734. The predicted molar refractivity (Wildman–Crippen MR) is 97.8 cm³/mol. The molecule has 0 amide bonds. The highest BCUT2D eigenvalue weighted by atomic mass is 35.5. The summed E-state index contributed by atoms with van der Waals surface area (Å²) in [6.45, 7) is 7.40. The van der Waals surface area contributed by atoms with E-state index in [1.165, 1.54) is 5.56 Å². The van der Waals surface area contributed by atoms with Crippen molar-refractivity contribution >= 4 is 24.6 Å². The van der Waals surface area contributed by atoms with Gasteiger partial charge in [0.05, 0.1) is 18.7 Å². The summed E-state index contributed by atoms with van der Waals surface area (Å²) in [5, 5.41) is 4.03. The van der Waals surface area contributed by atoms with Crippen LogP contribution in [-0.2, 0) is 14.4 Å². The quantitative estimate of drug-likeness (QED) is 0.327. The van der Waals surface area contributed by atoms with Gasteiger partial charge in [0.25, 0.3) is 0 Å². The van der Waals surface area contributed by atoms with Gasteiger partial charge >= 0.3 is 5.97 Å². The summed E-state index contributed by atoms with van der Waals surface area (Å²) in [6.07, 6.45) is 3.69. The summed E-state index contributed by atoms with van der Waals surface area (Å²) in [6, 6.07) is 8.04. The molecule has 1 fully saturated rings. The zero-order chi connectivity index (χ0) is 16.5. The van der Waals surface area contributed by atoms with Gasteiger partial charge in [0.1, 0.15) is 6.61 Å². The van der Waals surface area contributed by atoms with Crippen LogP contribution in [-0.4, -0.2) is 49.9 Å². The van der Waals surface area contributed by atoms with E-state index in [1.807, 2.05) is 38.1 Å². The van der Waals surface area contributed by atoms with E-state index in [4.69, 9.17) is 9.57 Å². The summed E-state index contributed by atoms with van der Waals surface area (Å²) in [7, 11) is 0. The van der Waals surface area contributed by atoms with Gasteiger partial charge < -0.3 is 9.57 Å². The molecular formula is C18H27ClN2O3. The van der Waals surface area contributed by atoms with Crippen molar-refractivity contribution < 1.29 is 14.4 Å². The maximum Gasteiger partial charge on any atom is 0.310 e. The Morgan fingerprint density at radius 3 is 2.96 bits per heavy atom. The predicted octanol–water partition coefficient (Wildman–Crippen LogP) is 3.04. The van der Waals surface area contributed by atoms with Crippen molar-refractivity contribution in [3.8, 4) is 0 Å². The molecule has 1 aliphatic heterocycles. The first kappa shape index (κ1) is 20.5. The Labute approximate surface area is 150 Å². The van der Waals surface area contributed by atoms with Crippen LogP contribution >= 0.6 is 12.4 Å². The van der Waals surface area contributed by atoms with Crippen molar-refractivity contribution in [1.29, 1.82) is 0 Å². The van der Waals surface area contributed by atoms with Crippen LogP contribution in [0.5, 0.6) is 0 Å². The van der Waals surface area contributed by atoms with E-state index in [9.17, 15) is 4.79 Å². The number of ether oxygens (including phenoxy) is 1. The van der Waals surface area contributed by atoms with Gasteiger partial charge in [-0.05, 0) is 44.4 Å². The van der Waals surface area contributed by atoms with Gasteiger partial charge in [-0.3, -0.25) is 9.69 Å². The topological polar surface area (TPSA) is 51.1 Å². The van der Waals surface area contributed by atoms with Crippen molar-refractivity contribution in [3.63, 3.8) is 0 Å². The van der Waals surface area contributed by atoms with Gasteiger partial charge in [-0.15, -0.1) is 12.4 Å². The molecule has 0 spiro atoms. The fraction of sp³-hybridized carbons (Fsp3) is 0.556. The third-order valence-electron chi connectivity index (χ3n) is 4.08. The molecule has 1 atom stereocenters. The van der Waals surface area contributed by atoms with Crippen molar-refractivity contribution in [2.45, 2.75) is 26.7 Å². The number of nitrogens with zero attached hydrogens (tertiary/aromatic N) is 2. The standard InChI is InChI=1S/C18H26N2O3.ClH/c1-3-22-18(21)17-9-6-10-20(14-17)11-12-23-19-13-16-8-5-4-7-15(16)2;/h4-5,7-8,13,17H,3,6,9-12,14H2,1-2H3;1H/t17-;/m1./s1. The highest BCUT2D eigenvalue weighted by molar-refractivity contribution is 5.85. The first-order valence-corrected chi connectivity index (χ1v) is 8.30. The average Bonchev–Trinajstić information content (AvgIpc) is 2.57. The SMILES string of the molecule is CCOC(=O)[C@@H]1CCCN(CCON=Cc2ccccc2C)C1.Cl. The Morgan fingerprint density at radius 1 is 1.42 bits per heavy atom. The fourth-order valence-corrected chi connectivity index (χ4v) is 2.76. The maximum absolute atomic E-state index is 11.8. The second kappa shape index (κ2) is 11.0. The summed E-state index contributed by atoms with van der Waals surface area (Å²) in [5.41, 5.74) is 2.24. The number of piperidine rings is 1. The first-order chi connectivity index (χ1) is 11.2. The molecule has 0 aromatic heterocycles. The molecule has 1 aromatic rings. The molecule has 24 heavy (non-hydrogen) atoms. The van der Waals surface area contributed by atoms with Crippen molar-refractivity contribution in [3.05, 3.63) is 35.4 Å². The van der Waals surface area contributed by atoms with Crippen LogP contribution in [0.3, 0.4) is 0 Å². The van der Waals surface area contributed by atoms with Gasteiger partial charge in [0, 0.05) is 13.1 Å². The van der Waals surface area contributed by atoms with Crippen molar-refractivity contribution in [1.82, 2.24) is 4.90 Å². The molecule has 0 saturated carbocycles. The van der Waals surface area contributed by atoms with Crippen LogP contribution in [0.2, 0.25) is 0 Å². The maximum atomic E-state index is 11.8. The molecule has 6 heteroatoms. The lowest BCUT2D eigenvalue weighted by atomic mass is 9.98. The normalized spacial score (nSPS) is 18.2. The molecule has 1 aromatic carbocycles.